The summed E-state index contributed by atoms with van der Waals surface area (Å²) in [7, 11) is 0. The van der Waals surface area contributed by atoms with Gasteiger partial charge < -0.3 is 20.1 Å². The summed E-state index contributed by atoms with van der Waals surface area (Å²) in [6.45, 7) is 1.98. The van der Waals surface area contributed by atoms with Crippen molar-refractivity contribution in [1.29, 1.82) is 0 Å². The summed E-state index contributed by atoms with van der Waals surface area (Å²) in [5.41, 5.74) is 6.63. The minimum Gasteiger partial charge on any atom is -0.353 e. The molecule has 0 saturated carbocycles. The van der Waals surface area contributed by atoms with Crippen molar-refractivity contribution in [2.24, 2.45) is 0 Å². The van der Waals surface area contributed by atoms with E-state index in [2.05, 4.69) is 33.4 Å². The van der Waals surface area contributed by atoms with Gasteiger partial charge in [0.2, 0.25) is 5.95 Å². The molecular weight excluding hydrogens is 453 g/mol. The molecule has 1 fully saturated rings. The average Bonchev–Trinajstić information content (AvgIpc) is 3.50. The molecule has 1 aliphatic heterocycles. The number of hydrogen-bond acceptors (Lipinski definition) is 3. The van der Waals surface area contributed by atoms with Crippen LogP contribution in [0.1, 0.15) is 36.0 Å². The van der Waals surface area contributed by atoms with Gasteiger partial charge in [-0.25, -0.2) is 14.2 Å². The highest BCUT2D eigenvalue weighted by molar-refractivity contribution is 5.89. The first kappa shape index (κ1) is 22.6. The number of rotatable bonds is 5. The number of imidazole rings is 1. The van der Waals surface area contributed by atoms with Gasteiger partial charge >= 0.3 is 6.03 Å². The van der Waals surface area contributed by atoms with Gasteiger partial charge in [0.25, 0.3) is 0 Å². The fourth-order valence-corrected chi connectivity index (χ4v) is 5.38. The van der Waals surface area contributed by atoms with E-state index in [0.717, 1.165) is 53.9 Å². The Morgan fingerprint density at radius 3 is 2.58 bits per heavy atom. The van der Waals surface area contributed by atoms with Crippen LogP contribution in [0.5, 0.6) is 0 Å². The Kier molecular flexibility index (Phi) is 6.05. The van der Waals surface area contributed by atoms with Gasteiger partial charge in [-0.15, -0.1) is 0 Å². The number of anilines is 2. The molecule has 7 heteroatoms. The van der Waals surface area contributed by atoms with Gasteiger partial charge in [-0.3, -0.25) is 0 Å². The van der Waals surface area contributed by atoms with Crippen LogP contribution in [0.25, 0.3) is 11.0 Å². The first-order chi connectivity index (χ1) is 17.6. The molecular formula is C29H30FN5O. The van der Waals surface area contributed by atoms with Crippen molar-refractivity contribution in [1.82, 2.24) is 14.5 Å². The van der Waals surface area contributed by atoms with E-state index in [1.165, 1.54) is 29.7 Å². The fraction of sp³-hybridized carbons (Fsp3) is 0.310. The summed E-state index contributed by atoms with van der Waals surface area (Å²) >= 11 is 0. The lowest BCUT2D eigenvalue weighted by atomic mass is 10.1. The number of piperidine rings is 1. The number of halogens is 1. The second-order valence-electron chi connectivity index (χ2n) is 9.81. The predicted octanol–water partition coefficient (Wildman–Crippen LogP) is 5.82. The smallest absolute Gasteiger partial charge is 0.321 e. The minimum atomic E-state index is -0.237. The fourth-order valence-electron chi connectivity index (χ4n) is 5.38. The zero-order valence-electron chi connectivity index (χ0n) is 20.2. The third-order valence-electron chi connectivity index (χ3n) is 7.37. The standard InChI is InChI=1S/C29H30FN5O/c30-23-11-8-20(9-12-23)19-35-27-7-2-1-6-26(27)33-28(35)31-24-14-16-34(17-15-24)29(36)32-25-13-10-21-4-3-5-22(21)18-25/h1-2,6-13,18,24H,3-5,14-17,19H2,(H,31,33)(H,32,36). The Morgan fingerprint density at radius 2 is 1.75 bits per heavy atom. The number of carbonyl (C=O) groups excluding carboxylic acids is 1. The van der Waals surface area contributed by atoms with Crippen LogP contribution >= 0.6 is 0 Å². The molecule has 1 aromatic heterocycles. The molecule has 184 valence electrons. The van der Waals surface area contributed by atoms with Crippen LogP contribution in [0.4, 0.5) is 20.8 Å². The van der Waals surface area contributed by atoms with Crippen molar-refractivity contribution in [3.8, 4) is 0 Å². The molecule has 2 aliphatic rings. The topological polar surface area (TPSA) is 62.2 Å². The molecule has 1 saturated heterocycles. The molecule has 2 heterocycles. The van der Waals surface area contributed by atoms with Crippen LogP contribution in [0, 0.1) is 5.82 Å². The molecule has 0 radical (unpaired) electrons. The second-order valence-corrected chi connectivity index (χ2v) is 9.81. The van der Waals surface area contributed by atoms with Gasteiger partial charge in [0.15, 0.2) is 0 Å². The molecule has 1 aliphatic carbocycles. The number of nitrogens with zero attached hydrogens (tertiary/aromatic N) is 3. The quantitative estimate of drug-likeness (QED) is 0.376. The third kappa shape index (κ3) is 4.65. The van der Waals surface area contributed by atoms with E-state index in [0.29, 0.717) is 19.6 Å². The Morgan fingerprint density at radius 1 is 0.972 bits per heavy atom. The molecule has 0 bridgehead atoms. The maximum Gasteiger partial charge on any atom is 0.321 e. The van der Waals surface area contributed by atoms with Crippen LogP contribution in [0.3, 0.4) is 0 Å². The van der Waals surface area contributed by atoms with Crippen LogP contribution in [0.15, 0.2) is 66.7 Å². The monoisotopic (exact) mass is 483 g/mol. The van der Waals surface area contributed by atoms with Crippen molar-refractivity contribution in [3.63, 3.8) is 0 Å². The molecule has 36 heavy (non-hydrogen) atoms. The van der Waals surface area contributed by atoms with Gasteiger partial charge in [-0.05, 0) is 85.2 Å². The van der Waals surface area contributed by atoms with E-state index in [9.17, 15) is 9.18 Å². The highest BCUT2D eigenvalue weighted by atomic mass is 19.1. The molecule has 2 N–H and O–H groups in total. The third-order valence-corrected chi connectivity index (χ3v) is 7.37. The van der Waals surface area contributed by atoms with Crippen molar-refractivity contribution >= 4 is 28.7 Å². The minimum absolute atomic E-state index is 0.0325. The number of aryl methyl sites for hydroxylation is 2. The van der Waals surface area contributed by atoms with Gasteiger partial charge in [0, 0.05) is 24.8 Å². The first-order valence-electron chi connectivity index (χ1n) is 12.8. The zero-order valence-corrected chi connectivity index (χ0v) is 20.2. The maximum atomic E-state index is 13.4. The first-order valence-corrected chi connectivity index (χ1v) is 12.8. The number of amides is 2. The number of nitrogens with one attached hydrogen (secondary N) is 2. The van der Waals surface area contributed by atoms with Crippen LogP contribution in [-0.4, -0.2) is 39.6 Å². The summed E-state index contributed by atoms with van der Waals surface area (Å²) in [4.78, 5) is 19.6. The Balaban J connectivity index is 1.11. The Bertz CT molecular complexity index is 1390. The van der Waals surface area contributed by atoms with E-state index >= 15 is 0 Å². The van der Waals surface area contributed by atoms with Gasteiger partial charge in [-0.2, -0.15) is 0 Å². The number of benzene rings is 3. The summed E-state index contributed by atoms with van der Waals surface area (Å²) in [5.74, 6) is 0.570. The van der Waals surface area contributed by atoms with E-state index < -0.39 is 0 Å². The summed E-state index contributed by atoms with van der Waals surface area (Å²) in [6.07, 6.45) is 5.13. The van der Waals surface area contributed by atoms with E-state index in [1.807, 2.05) is 41.3 Å². The van der Waals surface area contributed by atoms with Crippen molar-refractivity contribution in [2.75, 3.05) is 23.7 Å². The number of para-hydroxylation sites is 2. The van der Waals surface area contributed by atoms with Gasteiger partial charge in [0.05, 0.1) is 17.6 Å². The molecule has 6 rings (SSSR count). The predicted molar refractivity (Wildman–Crippen MR) is 141 cm³/mol. The highest BCUT2D eigenvalue weighted by Crippen LogP contribution is 2.26. The largest absolute Gasteiger partial charge is 0.353 e. The van der Waals surface area contributed by atoms with Gasteiger partial charge in [-0.1, -0.05) is 30.3 Å². The molecule has 3 aromatic carbocycles. The molecule has 0 spiro atoms. The van der Waals surface area contributed by atoms with Crippen LogP contribution in [0.2, 0.25) is 0 Å². The average molecular weight is 484 g/mol. The van der Waals surface area contributed by atoms with Crippen LogP contribution in [-0.2, 0) is 19.4 Å². The number of aromatic nitrogens is 2. The van der Waals surface area contributed by atoms with E-state index in [4.69, 9.17) is 4.98 Å². The van der Waals surface area contributed by atoms with Crippen molar-refractivity contribution in [2.45, 2.75) is 44.7 Å². The van der Waals surface area contributed by atoms with E-state index in [1.54, 1.807) is 0 Å². The van der Waals surface area contributed by atoms with Crippen molar-refractivity contribution < 1.29 is 9.18 Å². The lowest BCUT2D eigenvalue weighted by Crippen LogP contribution is -2.44. The van der Waals surface area contributed by atoms with E-state index in [-0.39, 0.29) is 17.9 Å². The summed E-state index contributed by atoms with van der Waals surface area (Å²) < 4.78 is 15.6. The maximum absolute atomic E-state index is 13.4. The Hall–Kier alpha value is -3.87. The lowest BCUT2D eigenvalue weighted by Gasteiger charge is -2.32. The molecule has 0 unspecified atom stereocenters. The number of likely N-dealkylation sites (tertiary alicyclic amines) is 1. The summed E-state index contributed by atoms with van der Waals surface area (Å²) in [6, 6.07) is 21.1. The van der Waals surface area contributed by atoms with Crippen molar-refractivity contribution in [3.05, 3.63) is 89.2 Å². The second kappa shape index (κ2) is 9.64. The number of hydrogen-bond donors (Lipinski definition) is 2. The normalized spacial score (nSPS) is 15.8. The number of fused-ring (bicyclic) bond motifs is 2. The molecule has 6 nitrogen and oxygen atoms in total. The van der Waals surface area contributed by atoms with Crippen LogP contribution < -0.4 is 10.6 Å². The lowest BCUT2D eigenvalue weighted by molar-refractivity contribution is 0.197. The summed E-state index contributed by atoms with van der Waals surface area (Å²) in [5, 5.41) is 6.71. The Labute approximate surface area is 210 Å². The highest BCUT2D eigenvalue weighted by Gasteiger charge is 2.25. The van der Waals surface area contributed by atoms with Gasteiger partial charge in [0.1, 0.15) is 5.82 Å². The molecule has 4 aromatic rings. The molecule has 2 amide bonds. The SMILES string of the molecule is O=C(Nc1ccc2c(c1)CCC2)N1CCC(Nc2nc3ccccc3n2Cc2ccc(F)cc2)CC1. The number of urea groups is 1. The zero-order chi connectivity index (χ0) is 24.5. The number of carbonyl (C=O) groups is 1. The molecule has 0 atom stereocenters.